The van der Waals surface area contributed by atoms with Crippen LogP contribution in [0.5, 0.6) is 0 Å². The summed E-state index contributed by atoms with van der Waals surface area (Å²) in [5.74, 6) is -4.80. The van der Waals surface area contributed by atoms with E-state index in [1.165, 1.54) is 6.92 Å². The molecule has 0 aromatic heterocycles. The smallest absolute Gasteiger partial charge is 0.247 e. The van der Waals surface area contributed by atoms with Crippen LogP contribution < -0.4 is 0 Å². The van der Waals surface area contributed by atoms with Crippen LogP contribution in [0.25, 0.3) is 0 Å². The van der Waals surface area contributed by atoms with Gasteiger partial charge in [0, 0.05) is 5.92 Å². The minimum atomic E-state index is -2.82. The maximum Gasteiger partial charge on any atom is 0.256 e. The molecule has 0 spiro atoms. The quantitative estimate of drug-likeness (QED) is 0.597. The van der Waals surface area contributed by atoms with Crippen molar-refractivity contribution >= 4 is 0 Å². The summed E-state index contributed by atoms with van der Waals surface area (Å²) in [4.78, 5) is 0. The van der Waals surface area contributed by atoms with Gasteiger partial charge in [0.15, 0.2) is 0 Å². The van der Waals surface area contributed by atoms with Gasteiger partial charge >= 0.3 is 0 Å². The second-order valence-corrected chi connectivity index (χ2v) is 4.23. The molecule has 1 rings (SSSR count). The first-order chi connectivity index (χ1) is 5.91. The lowest BCUT2D eigenvalue weighted by molar-refractivity contribution is -0.164. The van der Waals surface area contributed by atoms with Gasteiger partial charge < -0.3 is 0 Å². The highest BCUT2D eigenvalue weighted by atomic mass is 19.3. The van der Waals surface area contributed by atoms with Crippen molar-refractivity contribution in [1.29, 1.82) is 0 Å². The van der Waals surface area contributed by atoms with Crippen LogP contribution in [-0.4, -0.2) is 12.1 Å². The van der Waals surface area contributed by atoms with Crippen LogP contribution in [0.3, 0.4) is 0 Å². The Bertz CT molecular complexity index is 175. The summed E-state index contributed by atoms with van der Waals surface area (Å²) in [6, 6.07) is 0. The normalized spacial score (nSPS) is 44.8. The van der Waals surface area contributed by atoms with Crippen molar-refractivity contribution in [3.05, 3.63) is 0 Å². The predicted octanol–water partition coefficient (Wildman–Crippen LogP) is 3.66. The van der Waals surface area contributed by atoms with Crippen molar-refractivity contribution < 1.29 is 13.2 Å². The lowest BCUT2D eigenvalue weighted by atomic mass is 9.71. The van der Waals surface area contributed by atoms with E-state index in [0.29, 0.717) is 12.8 Å². The third kappa shape index (κ3) is 1.70. The van der Waals surface area contributed by atoms with Crippen molar-refractivity contribution in [3.8, 4) is 0 Å². The van der Waals surface area contributed by atoms with Gasteiger partial charge in [-0.3, -0.25) is 0 Å². The van der Waals surface area contributed by atoms with Crippen LogP contribution in [0.15, 0.2) is 0 Å². The Labute approximate surface area is 77.5 Å². The zero-order valence-electron chi connectivity index (χ0n) is 8.36. The summed E-state index contributed by atoms with van der Waals surface area (Å²) >= 11 is 0. The zero-order valence-corrected chi connectivity index (χ0v) is 8.36. The highest BCUT2D eigenvalue weighted by molar-refractivity contribution is 4.93. The maximum atomic E-state index is 13.4. The molecule has 0 saturated heterocycles. The Kier molecular flexibility index (Phi) is 2.93. The van der Waals surface area contributed by atoms with Gasteiger partial charge in [-0.05, 0) is 18.8 Å². The number of hydrogen-bond donors (Lipinski definition) is 0. The van der Waals surface area contributed by atoms with E-state index in [1.807, 2.05) is 0 Å². The molecule has 0 aromatic carbocycles. The van der Waals surface area contributed by atoms with E-state index >= 15 is 0 Å². The first-order valence-corrected chi connectivity index (χ1v) is 4.93. The van der Waals surface area contributed by atoms with E-state index < -0.39 is 23.9 Å². The molecule has 13 heavy (non-hydrogen) atoms. The Balaban J connectivity index is 2.82. The van der Waals surface area contributed by atoms with Crippen molar-refractivity contribution in [1.82, 2.24) is 0 Å². The molecule has 0 radical (unpaired) electrons. The molecule has 1 saturated carbocycles. The molecule has 78 valence electrons. The molecule has 4 unspecified atom stereocenters. The molecule has 0 bridgehead atoms. The highest BCUT2D eigenvalue weighted by Gasteiger charge is 2.53. The van der Waals surface area contributed by atoms with Gasteiger partial charge in [0.1, 0.15) is 6.17 Å². The van der Waals surface area contributed by atoms with E-state index in [0.717, 1.165) is 0 Å². The van der Waals surface area contributed by atoms with Gasteiger partial charge in [-0.1, -0.05) is 20.8 Å². The summed E-state index contributed by atoms with van der Waals surface area (Å²) in [7, 11) is 0. The van der Waals surface area contributed by atoms with Gasteiger partial charge in [0.05, 0.1) is 5.92 Å². The second-order valence-electron chi connectivity index (χ2n) is 4.23. The molecular formula is C10H17F3. The summed E-state index contributed by atoms with van der Waals surface area (Å²) in [6.07, 6.45) is -0.596. The molecule has 1 aliphatic rings. The van der Waals surface area contributed by atoms with Crippen LogP contribution in [0.1, 0.15) is 33.6 Å². The van der Waals surface area contributed by atoms with Crippen LogP contribution in [0.4, 0.5) is 13.2 Å². The van der Waals surface area contributed by atoms with E-state index in [2.05, 4.69) is 0 Å². The summed E-state index contributed by atoms with van der Waals surface area (Å²) in [6.45, 7) is 4.79. The predicted molar refractivity (Wildman–Crippen MR) is 46.6 cm³/mol. The van der Waals surface area contributed by atoms with Crippen LogP contribution in [0, 0.1) is 17.8 Å². The van der Waals surface area contributed by atoms with Crippen molar-refractivity contribution in [2.24, 2.45) is 17.8 Å². The van der Waals surface area contributed by atoms with E-state index in [1.54, 1.807) is 13.8 Å². The van der Waals surface area contributed by atoms with E-state index in [4.69, 9.17) is 0 Å². The van der Waals surface area contributed by atoms with Crippen LogP contribution >= 0.6 is 0 Å². The first kappa shape index (κ1) is 10.9. The third-order valence-electron chi connectivity index (χ3n) is 3.32. The molecule has 0 aliphatic heterocycles. The van der Waals surface area contributed by atoms with Crippen molar-refractivity contribution in [2.75, 3.05) is 0 Å². The first-order valence-electron chi connectivity index (χ1n) is 4.93. The van der Waals surface area contributed by atoms with E-state index in [9.17, 15) is 13.2 Å². The van der Waals surface area contributed by atoms with Gasteiger partial charge in [0.2, 0.25) is 0 Å². The Morgan fingerprint density at radius 2 is 1.85 bits per heavy atom. The van der Waals surface area contributed by atoms with Gasteiger partial charge in [-0.2, -0.15) is 0 Å². The minimum absolute atomic E-state index is 0.223. The summed E-state index contributed by atoms with van der Waals surface area (Å²) in [5.41, 5.74) is 0. The summed E-state index contributed by atoms with van der Waals surface area (Å²) in [5, 5.41) is 0. The van der Waals surface area contributed by atoms with Gasteiger partial charge in [0.25, 0.3) is 5.92 Å². The number of hydrogen-bond acceptors (Lipinski definition) is 0. The fourth-order valence-electron chi connectivity index (χ4n) is 2.25. The fraction of sp³-hybridized carbons (Fsp3) is 1.00. The lowest BCUT2D eigenvalue weighted by Gasteiger charge is -2.41. The van der Waals surface area contributed by atoms with Gasteiger partial charge in [-0.25, -0.2) is 13.2 Å². The van der Waals surface area contributed by atoms with Gasteiger partial charge in [-0.15, -0.1) is 0 Å². The maximum absolute atomic E-state index is 13.4. The molecule has 0 heterocycles. The highest BCUT2D eigenvalue weighted by Crippen LogP contribution is 2.47. The molecule has 3 heteroatoms. The average Bonchev–Trinajstić information content (AvgIpc) is 2.08. The molecule has 4 atom stereocenters. The molecule has 1 aliphatic carbocycles. The van der Waals surface area contributed by atoms with Crippen molar-refractivity contribution in [2.45, 2.75) is 45.7 Å². The van der Waals surface area contributed by atoms with Crippen molar-refractivity contribution in [3.63, 3.8) is 0 Å². The SMILES string of the molecule is CCC1CC(C)C(F)C(C)C1(F)F. The molecular weight excluding hydrogens is 177 g/mol. The molecule has 0 nitrogen and oxygen atoms in total. The topological polar surface area (TPSA) is 0 Å². The third-order valence-corrected chi connectivity index (χ3v) is 3.32. The van der Waals surface area contributed by atoms with Crippen LogP contribution in [-0.2, 0) is 0 Å². The molecule has 0 N–H and O–H groups in total. The Morgan fingerprint density at radius 1 is 1.31 bits per heavy atom. The Morgan fingerprint density at radius 3 is 2.31 bits per heavy atom. The molecule has 0 amide bonds. The standard InChI is InChI=1S/C10H17F3/c1-4-8-5-6(2)9(11)7(3)10(8,12)13/h6-9H,4-5H2,1-3H3. The monoisotopic (exact) mass is 194 g/mol. The minimum Gasteiger partial charge on any atom is -0.247 e. The number of rotatable bonds is 1. The van der Waals surface area contributed by atoms with E-state index in [-0.39, 0.29) is 5.92 Å². The number of halogens is 3. The zero-order chi connectivity index (χ0) is 10.2. The molecule has 0 aromatic rings. The second kappa shape index (κ2) is 3.50. The molecule has 1 fully saturated rings. The summed E-state index contributed by atoms with van der Waals surface area (Å²) < 4.78 is 40.2. The van der Waals surface area contributed by atoms with Crippen LogP contribution in [0.2, 0.25) is 0 Å². The lowest BCUT2D eigenvalue weighted by Crippen LogP contribution is -2.47. The number of alkyl halides is 3. The largest absolute Gasteiger partial charge is 0.256 e. The fourth-order valence-corrected chi connectivity index (χ4v) is 2.25. The average molecular weight is 194 g/mol. The Hall–Kier alpha value is -0.210.